The third-order valence-corrected chi connectivity index (χ3v) is 3.89. The Balaban J connectivity index is 1.50. The zero-order valence-electron chi connectivity index (χ0n) is 12.9. The van der Waals surface area contributed by atoms with Crippen molar-refractivity contribution < 1.29 is 14.3 Å². The predicted molar refractivity (Wildman–Crippen MR) is 86.1 cm³/mol. The van der Waals surface area contributed by atoms with Crippen LogP contribution >= 0.6 is 0 Å². The largest absolute Gasteiger partial charge is 0.490 e. The molecule has 3 rings (SSSR count). The number of likely N-dealkylation sites (tertiary alicyclic amines) is 1. The van der Waals surface area contributed by atoms with Gasteiger partial charge in [0.25, 0.3) is 0 Å². The molecule has 1 aliphatic rings. The van der Waals surface area contributed by atoms with Crippen LogP contribution in [0.2, 0.25) is 0 Å². The van der Waals surface area contributed by atoms with Gasteiger partial charge in [-0.1, -0.05) is 30.3 Å². The topological polar surface area (TPSA) is 51.7 Å². The van der Waals surface area contributed by atoms with E-state index < -0.39 is 0 Å². The minimum atomic E-state index is -0.272. The molecular weight excluding hydrogens is 292 g/mol. The van der Waals surface area contributed by atoms with Crippen molar-refractivity contribution in [2.45, 2.75) is 25.5 Å². The number of carbonyl (C=O) groups is 1. The second-order valence-corrected chi connectivity index (χ2v) is 5.53. The first-order chi connectivity index (χ1) is 11.3. The first-order valence-corrected chi connectivity index (χ1v) is 7.83. The molecule has 23 heavy (non-hydrogen) atoms. The number of hydrogen-bond donors (Lipinski definition) is 0. The molecule has 0 bridgehead atoms. The van der Waals surface area contributed by atoms with Crippen molar-refractivity contribution in [1.82, 2.24) is 9.88 Å². The standard InChI is InChI=1S/C18H20N2O3/c21-18(23-13-15-6-2-1-3-7-15)20-11-5-8-16(20)14-22-17-9-4-10-19-12-17/h1-4,6-7,9-10,12,16H,5,8,11,13-14H2. The molecular formula is C18H20N2O3. The minimum absolute atomic E-state index is 0.0541. The van der Waals surface area contributed by atoms with E-state index in [0.717, 1.165) is 24.2 Å². The van der Waals surface area contributed by atoms with Gasteiger partial charge in [0.05, 0.1) is 12.2 Å². The average Bonchev–Trinajstić information content (AvgIpc) is 3.08. The Labute approximate surface area is 135 Å². The van der Waals surface area contributed by atoms with Crippen LogP contribution in [0.4, 0.5) is 4.79 Å². The van der Waals surface area contributed by atoms with Crippen molar-refractivity contribution in [3.05, 3.63) is 60.4 Å². The van der Waals surface area contributed by atoms with Gasteiger partial charge in [-0.25, -0.2) is 4.79 Å². The van der Waals surface area contributed by atoms with Gasteiger partial charge in [0.1, 0.15) is 19.0 Å². The molecule has 1 unspecified atom stereocenters. The molecule has 1 aliphatic heterocycles. The summed E-state index contributed by atoms with van der Waals surface area (Å²) in [5.41, 5.74) is 0.989. The van der Waals surface area contributed by atoms with E-state index in [1.807, 2.05) is 42.5 Å². The van der Waals surface area contributed by atoms with Crippen LogP contribution < -0.4 is 4.74 Å². The van der Waals surface area contributed by atoms with Crippen molar-refractivity contribution in [3.63, 3.8) is 0 Å². The number of ether oxygens (including phenoxy) is 2. The summed E-state index contributed by atoms with van der Waals surface area (Å²) in [6, 6.07) is 13.4. The van der Waals surface area contributed by atoms with Gasteiger partial charge < -0.3 is 14.4 Å². The first-order valence-electron chi connectivity index (χ1n) is 7.83. The smallest absolute Gasteiger partial charge is 0.410 e. The SMILES string of the molecule is O=C(OCc1ccccc1)N1CCCC1COc1cccnc1. The quantitative estimate of drug-likeness (QED) is 0.850. The van der Waals surface area contributed by atoms with Gasteiger partial charge in [-0.3, -0.25) is 4.98 Å². The zero-order chi connectivity index (χ0) is 15.9. The van der Waals surface area contributed by atoms with E-state index in [-0.39, 0.29) is 12.1 Å². The van der Waals surface area contributed by atoms with Gasteiger partial charge in [-0.05, 0) is 30.5 Å². The maximum absolute atomic E-state index is 12.3. The van der Waals surface area contributed by atoms with Gasteiger partial charge in [-0.2, -0.15) is 0 Å². The molecule has 1 aromatic carbocycles. The number of nitrogens with zero attached hydrogens (tertiary/aromatic N) is 2. The van der Waals surface area contributed by atoms with Crippen LogP contribution in [0, 0.1) is 0 Å². The van der Waals surface area contributed by atoms with E-state index in [4.69, 9.17) is 9.47 Å². The van der Waals surface area contributed by atoms with E-state index >= 15 is 0 Å². The minimum Gasteiger partial charge on any atom is -0.490 e. The summed E-state index contributed by atoms with van der Waals surface area (Å²) in [7, 11) is 0. The zero-order valence-corrected chi connectivity index (χ0v) is 12.9. The highest BCUT2D eigenvalue weighted by Gasteiger charge is 2.30. The van der Waals surface area contributed by atoms with Crippen molar-refractivity contribution in [1.29, 1.82) is 0 Å². The van der Waals surface area contributed by atoms with Crippen molar-refractivity contribution >= 4 is 6.09 Å². The Bertz CT molecular complexity index is 619. The number of pyridine rings is 1. The van der Waals surface area contributed by atoms with Crippen LogP contribution in [0.15, 0.2) is 54.9 Å². The molecule has 0 saturated carbocycles. The molecule has 0 N–H and O–H groups in total. The first kappa shape index (κ1) is 15.3. The van der Waals surface area contributed by atoms with E-state index in [9.17, 15) is 4.79 Å². The number of hydrogen-bond acceptors (Lipinski definition) is 4. The Morgan fingerprint density at radius 3 is 2.87 bits per heavy atom. The molecule has 2 aromatic rings. The van der Waals surface area contributed by atoms with Gasteiger partial charge >= 0.3 is 6.09 Å². The number of amides is 1. The number of benzene rings is 1. The molecule has 1 saturated heterocycles. The van der Waals surface area contributed by atoms with Crippen LogP contribution in [0.1, 0.15) is 18.4 Å². The van der Waals surface area contributed by atoms with E-state index in [0.29, 0.717) is 19.8 Å². The van der Waals surface area contributed by atoms with E-state index in [1.54, 1.807) is 17.3 Å². The lowest BCUT2D eigenvalue weighted by molar-refractivity contribution is 0.0823. The molecule has 0 spiro atoms. The molecule has 1 atom stereocenters. The fraction of sp³-hybridized carbons (Fsp3) is 0.333. The maximum atomic E-state index is 12.3. The molecule has 0 radical (unpaired) electrons. The summed E-state index contributed by atoms with van der Waals surface area (Å²) in [6.45, 7) is 1.48. The number of aromatic nitrogens is 1. The van der Waals surface area contributed by atoms with Gasteiger partial charge in [0.2, 0.25) is 0 Å². The molecule has 1 fully saturated rings. The van der Waals surface area contributed by atoms with Gasteiger partial charge in [0, 0.05) is 12.7 Å². The van der Waals surface area contributed by atoms with Gasteiger partial charge in [0.15, 0.2) is 0 Å². The lowest BCUT2D eigenvalue weighted by Gasteiger charge is -2.24. The second kappa shape index (κ2) is 7.63. The fourth-order valence-corrected chi connectivity index (χ4v) is 2.68. The third-order valence-electron chi connectivity index (χ3n) is 3.89. The van der Waals surface area contributed by atoms with Gasteiger partial charge in [-0.15, -0.1) is 0 Å². The normalized spacial score (nSPS) is 17.0. The van der Waals surface area contributed by atoms with E-state index in [2.05, 4.69) is 4.98 Å². The highest BCUT2D eigenvalue weighted by Crippen LogP contribution is 2.20. The van der Waals surface area contributed by atoms with Crippen molar-refractivity contribution in [3.8, 4) is 5.75 Å². The Morgan fingerprint density at radius 1 is 1.22 bits per heavy atom. The number of rotatable bonds is 5. The molecule has 5 heteroatoms. The summed E-state index contributed by atoms with van der Waals surface area (Å²) in [4.78, 5) is 18.1. The maximum Gasteiger partial charge on any atom is 0.410 e. The van der Waals surface area contributed by atoms with E-state index in [1.165, 1.54) is 0 Å². The van der Waals surface area contributed by atoms with Crippen molar-refractivity contribution in [2.24, 2.45) is 0 Å². The monoisotopic (exact) mass is 312 g/mol. The Hall–Kier alpha value is -2.56. The molecule has 0 aliphatic carbocycles. The molecule has 2 heterocycles. The highest BCUT2D eigenvalue weighted by atomic mass is 16.6. The Kier molecular flexibility index (Phi) is 5.09. The molecule has 120 valence electrons. The van der Waals surface area contributed by atoms with Crippen LogP contribution in [0.5, 0.6) is 5.75 Å². The average molecular weight is 312 g/mol. The van der Waals surface area contributed by atoms with Crippen molar-refractivity contribution in [2.75, 3.05) is 13.2 Å². The lowest BCUT2D eigenvalue weighted by Crippen LogP contribution is -2.39. The van der Waals surface area contributed by atoms with Crippen LogP contribution in [0.25, 0.3) is 0 Å². The predicted octanol–water partition coefficient (Wildman–Crippen LogP) is 3.26. The summed E-state index contributed by atoms with van der Waals surface area (Å²) >= 11 is 0. The summed E-state index contributed by atoms with van der Waals surface area (Å²) in [5, 5.41) is 0. The second-order valence-electron chi connectivity index (χ2n) is 5.53. The summed E-state index contributed by atoms with van der Waals surface area (Å²) in [6.07, 6.45) is 5.01. The number of carbonyl (C=O) groups excluding carboxylic acids is 1. The molecule has 1 amide bonds. The van der Waals surface area contributed by atoms with Crippen LogP contribution in [0.3, 0.4) is 0 Å². The van der Waals surface area contributed by atoms with Crippen LogP contribution in [-0.2, 0) is 11.3 Å². The fourth-order valence-electron chi connectivity index (χ4n) is 2.68. The summed E-state index contributed by atoms with van der Waals surface area (Å²) in [5.74, 6) is 0.719. The highest BCUT2D eigenvalue weighted by molar-refractivity contribution is 5.68. The third kappa shape index (κ3) is 4.22. The van der Waals surface area contributed by atoms with Crippen LogP contribution in [-0.4, -0.2) is 35.2 Å². The molecule has 1 aromatic heterocycles. The lowest BCUT2D eigenvalue weighted by atomic mass is 10.2. The molecule has 5 nitrogen and oxygen atoms in total. The Morgan fingerprint density at radius 2 is 2.09 bits per heavy atom. The summed E-state index contributed by atoms with van der Waals surface area (Å²) < 4.78 is 11.1.